The minimum absolute atomic E-state index is 0.426. The molecule has 0 bridgehead atoms. The summed E-state index contributed by atoms with van der Waals surface area (Å²) in [4.78, 5) is 3.98. The maximum absolute atomic E-state index is 8.63. The molecular formula is C14H20N2O. The van der Waals surface area contributed by atoms with Crippen molar-refractivity contribution in [1.82, 2.24) is 4.98 Å². The molecule has 0 fully saturated rings. The number of aromatic nitrogens is 1. The van der Waals surface area contributed by atoms with Gasteiger partial charge in [-0.15, -0.1) is 0 Å². The minimum Gasteiger partial charge on any atom is -0.492 e. The van der Waals surface area contributed by atoms with E-state index < -0.39 is 0 Å². The van der Waals surface area contributed by atoms with Crippen LogP contribution < -0.4 is 4.74 Å². The molecule has 3 nitrogen and oxygen atoms in total. The smallest absolute Gasteiger partial charge is 0.140 e. The molecule has 0 aliphatic rings. The number of nitriles is 1. The first-order valence-electron chi connectivity index (χ1n) is 6.29. The molecule has 0 radical (unpaired) electrons. The maximum atomic E-state index is 8.63. The van der Waals surface area contributed by atoms with Gasteiger partial charge in [-0.1, -0.05) is 33.1 Å². The third-order valence-electron chi connectivity index (χ3n) is 2.88. The zero-order chi connectivity index (χ0) is 12.5. The fourth-order valence-electron chi connectivity index (χ4n) is 1.64. The summed E-state index contributed by atoms with van der Waals surface area (Å²) in [5, 5.41) is 8.63. The average molecular weight is 232 g/mol. The molecular weight excluding hydrogens is 212 g/mol. The lowest BCUT2D eigenvalue weighted by molar-refractivity contribution is 0.232. The highest BCUT2D eigenvalue weighted by Gasteiger charge is 2.06. The summed E-state index contributed by atoms with van der Waals surface area (Å²) in [6.45, 7) is 5.14. The third kappa shape index (κ3) is 4.86. The predicted molar refractivity (Wildman–Crippen MR) is 67.8 cm³/mol. The molecule has 0 aromatic carbocycles. The Morgan fingerprint density at radius 1 is 1.41 bits per heavy atom. The molecule has 1 heterocycles. The van der Waals surface area contributed by atoms with Crippen molar-refractivity contribution < 1.29 is 4.74 Å². The van der Waals surface area contributed by atoms with E-state index in [0.717, 1.165) is 18.8 Å². The molecule has 0 saturated carbocycles. The number of nitrogens with zero attached hydrogens (tertiary/aromatic N) is 2. The molecule has 0 saturated heterocycles. The Labute approximate surface area is 103 Å². The molecule has 0 spiro atoms. The zero-order valence-corrected chi connectivity index (χ0v) is 10.6. The quantitative estimate of drug-likeness (QED) is 0.722. The van der Waals surface area contributed by atoms with E-state index in [0.29, 0.717) is 11.6 Å². The molecule has 0 N–H and O–H groups in total. The van der Waals surface area contributed by atoms with E-state index in [2.05, 4.69) is 18.8 Å². The Morgan fingerprint density at radius 3 is 2.76 bits per heavy atom. The number of unbranched alkanes of at least 4 members (excludes halogenated alkanes) is 1. The van der Waals surface area contributed by atoms with E-state index in [1.165, 1.54) is 19.3 Å². The maximum Gasteiger partial charge on any atom is 0.140 e. The van der Waals surface area contributed by atoms with E-state index in [9.17, 15) is 0 Å². The summed E-state index contributed by atoms with van der Waals surface area (Å²) in [5.74, 6) is 1.37. The SMILES string of the molecule is CCCCC(CC)COc1ccc(C#N)nc1. The second-order valence-electron chi connectivity index (χ2n) is 4.22. The Balaban J connectivity index is 2.40. The summed E-state index contributed by atoms with van der Waals surface area (Å²) < 4.78 is 5.68. The van der Waals surface area contributed by atoms with Crippen molar-refractivity contribution in [3.05, 3.63) is 24.0 Å². The molecule has 3 heteroatoms. The Hall–Kier alpha value is -1.56. The van der Waals surface area contributed by atoms with Crippen molar-refractivity contribution in [2.75, 3.05) is 6.61 Å². The molecule has 0 amide bonds. The molecule has 0 aliphatic carbocycles. The van der Waals surface area contributed by atoms with Crippen LogP contribution in [0.15, 0.2) is 18.3 Å². The van der Waals surface area contributed by atoms with E-state index in [1.54, 1.807) is 18.3 Å². The van der Waals surface area contributed by atoms with Crippen LogP contribution in [0.25, 0.3) is 0 Å². The monoisotopic (exact) mass is 232 g/mol. The lowest BCUT2D eigenvalue weighted by Crippen LogP contribution is -2.11. The normalized spacial score (nSPS) is 11.8. The van der Waals surface area contributed by atoms with Gasteiger partial charge in [-0.25, -0.2) is 4.98 Å². The van der Waals surface area contributed by atoms with Gasteiger partial charge < -0.3 is 4.74 Å². The summed E-state index contributed by atoms with van der Waals surface area (Å²) in [6.07, 6.45) is 6.47. The van der Waals surface area contributed by atoms with Crippen molar-refractivity contribution in [3.63, 3.8) is 0 Å². The van der Waals surface area contributed by atoms with Crippen LogP contribution in [0.5, 0.6) is 5.75 Å². The second-order valence-corrected chi connectivity index (χ2v) is 4.22. The number of hydrogen-bond acceptors (Lipinski definition) is 3. The Kier molecular flexibility index (Phi) is 6.09. The largest absolute Gasteiger partial charge is 0.492 e. The van der Waals surface area contributed by atoms with Crippen LogP contribution >= 0.6 is 0 Å². The summed E-state index contributed by atoms with van der Waals surface area (Å²) in [7, 11) is 0. The van der Waals surface area contributed by atoms with Crippen LogP contribution in [0.1, 0.15) is 45.2 Å². The van der Waals surface area contributed by atoms with E-state index >= 15 is 0 Å². The summed E-state index contributed by atoms with van der Waals surface area (Å²) in [5.41, 5.74) is 0.426. The van der Waals surface area contributed by atoms with Crippen LogP contribution in [0.4, 0.5) is 0 Å². The summed E-state index contributed by atoms with van der Waals surface area (Å²) >= 11 is 0. The van der Waals surface area contributed by atoms with Crippen LogP contribution in [0, 0.1) is 17.2 Å². The molecule has 1 aromatic rings. The fourth-order valence-corrected chi connectivity index (χ4v) is 1.64. The van der Waals surface area contributed by atoms with Gasteiger partial charge in [0.1, 0.15) is 17.5 Å². The molecule has 1 atom stereocenters. The van der Waals surface area contributed by atoms with E-state index in [-0.39, 0.29) is 0 Å². The lowest BCUT2D eigenvalue weighted by Gasteiger charge is -2.15. The highest BCUT2D eigenvalue weighted by atomic mass is 16.5. The molecule has 92 valence electrons. The second kappa shape index (κ2) is 7.67. The van der Waals surface area contributed by atoms with Gasteiger partial charge in [0.05, 0.1) is 12.8 Å². The zero-order valence-electron chi connectivity index (χ0n) is 10.6. The van der Waals surface area contributed by atoms with Gasteiger partial charge in [-0.2, -0.15) is 5.26 Å². The van der Waals surface area contributed by atoms with Gasteiger partial charge in [-0.3, -0.25) is 0 Å². The van der Waals surface area contributed by atoms with Crippen molar-refractivity contribution >= 4 is 0 Å². The highest BCUT2D eigenvalue weighted by Crippen LogP contribution is 2.16. The molecule has 0 aliphatic heterocycles. The minimum atomic E-state index is 0.426. The van der Waals surface area contributed by atoms with E-state index in [1.807, 2.05) is 6.07 Å². The first-order valence-corrected chi connectivity index (χ1v) is 6.29. The van der Waals surface area contributed by atoms with Gasteiger partial charge in [0.15, 0.2) is 0 Å². The first kappa shape index (κ1) is 13.5. The lowest BCUT2D eigenvalue weighted by atomic mass is 10.0. The Bertz CT molecular complexity index is 353. The first-order chi connectivity index (χ1) is 8.30. The van der Waals surface area contributed by atoms with Crippen LogP contribution in [0.2, 0.25) is 0 Å². The standard InChI is InChI=1S/C14H20N2O/c1-3-5-6-12(4-2)11-17-14-8-7-13(9-15)16-10-14/h7-8,10,12H,3-6,11H2,1-2H3. The molecule has 1 rings (SSSR count). The fraction of sp³-hybridized carbons (Fsp3) is 0.571. The highest BCUT2D eigenvalue weighted by molar-refractivity contribution is 5.26. The van der Waals surface area contributed by atoms with Crippen molar-refractivity contribution in [3.8, 4) is 11.8 Å². The average Bonchev–Trinajstić information content (AvgIpc) is 2.39. The number of rotatable bonds is 7. The van der Waals surface area contributed by atoms with Crippen LogP contribution in [-0.4, -0.2) is 11.6 Å². The molecule has 17 heavy (non-hydrogen) atoms. The van der Waals surface area contributed by atoms with Gasteiger partial charge >= 0.3 is 0 Å². The van der Waals surface area contributed by atoms with Crippen molar-refractivity contribution in [2.24, 2.45) is 5.92 Å². The van der Waals surface area contributed by atoms with Crippen molar-refractivity contribution in [1.29, 1.82) is 5.26 Å². The Morgan fingerprint density at radius 2 is 2.24 bits per heavy atom. The molecule has 1 unspecified atom stereocenters. The van der Waals surface area contributed by atoms with E-state index in [4.69, 9.17) is 10.00 Å². The van der Waals surface area contributed by atoms with Gasteiger partial charge in [-0.05, 0) is 24.5 Å². The third-order valence-corrected chi connectivity index (χ3v) is 2.88. The van der Waals surface area contributed by atoms with Gasteiger partial charge in [0.25, 0.3) is 0 Å². The van der Waals surface area contributed by atoms with Crippen LogP contribution in [0.3, 0.4) is 0 Å². The topological polar surface area (TPSA) is 45.9 Å². The summed E-state index contributed by atoms with van der Waals surface area (Å²) in [6, 6.07) is 5.48. The number of hydrogen-bond donors (Lipinski definition) is 0. The van der Waals surface area contributed by atoms with Crippen molar-refractivity contribution in [2.45, 2.75) is 39.5 Å². The number of pyridine rings is 1. The molecule has 1 aromatic heterocycles. The number of ether oxygens (including phenoxy) is 1. The van der Waals surface area contributed by atoms with Crippen LogP contribution in [-0.2, 0) is 0 Å². The predicted octanol–water partition coefficient (Wildman–Crippen LogP) is 3.55. The van der Waals surface area contributed by atoms with Gasteiger partial charge in [0, 0.05) is 0 Å². The van der Waals surface area contributed by atoms with Gasteiger partial charge in [0.2, 0.25) is 0 Å².